The Kier molecular flexibility index (Phi) is 4.00. The zero-order valence-corrected chi connectivity index (χ0v) is 13.6. The van der Waals surface area contributed by atoms with E-state index >= 15 is 0 Å². The Bertz CT molecular complexity index is 728. The van der Waals surface area contributed by atoms with Crippen LogP contribution in [0.1, 0.15) is 27.2 Å². The molecular weight excluding hydrogens is 299 g/mol. The summed E-state index contributed by atoms with van der Waals surface area (Å²) in [5.74, 6) is -0.366. The molecule has 124 valence electrons. The monoisotopic (exact) mass is 320 g/mol. The number of nitrogens with zero attached hydrogens (tertiary/aromatic N) is 2. The Hall–Kier alpha value is -2.11. The minimum Gasteiger partial charge on any atom is -0.466 e. The fourth-order valence-corrected chi connectivity index (χ4v) is 3.17. The highest BCUT2D eigenvalue weighted by Gasteiger charge is 2.49. The molecule has 1 unspecified atom stereocenters. The van der Waals surface area contributed by atoms with Crippen LogP contribution in [-0.4, -0.2) is 30.6 Å². The van der Waals surface area contributed by atoms with Gasteiger partial charge in [-0.05, 0) is 31.4 Å². The number of hydrogen-bond donors (Lipinski definition) is 0. The number of hydrogen-bond acceptors (Lipinski definition) is 5. The molecule has 3 rings (SSSR count). The van der Waals surface area contributed by atoms with Crippen LogP contribution in [0.5, 0.6) is 0 Å². The third-order valence-electron chi connectivity index (χ3n) is 4.70. The molecule has 1 aromatic carbocycles. The minimum absolute atomic E-state index is 0.147. The molecule has 0 saturated carbocycles. The number of anilines is 1. The first-order valence-corrected chi connectivity index (χ1v) is 7.94. The normalized spacial score (nSPS) is 21.3. The quantitative estimate of drug-likeness (QED) is 0.808. The van der Waals surface area contributed by atoms with E-state index in [1.807, 2.05) is 25.7 Å². The first-order chi connectivity index (χ1) is 11.0. The van der Waals surface area contributed by atoms with Crippen molar-refractivity contribution < 1.29 is 18.3 Å². The van der Waals surface area contributed by atoms with Gasteiger partial charge in [0.2, 0.25) is 0 Å². The molecule has 0 amide bonds. The van der Waals surface area contributed by atoms with Crippen molar-refractivity contribution in [3.63, 3.8) is 0 Å². The summed E-state index contributed by atoms with van der Waals surface area (Å²) in [5, 5.41) is 0. The largest absolute Gasteiger partial charge is 0.466 e. The number of ether oxygens (including phenoxy) is 1. The third-order valence-corrected chi connectivity index (χ3v) is 4.70. The lowest BCUT2D eigenvalue weighted by Gasteiger charge is -2.30. The smallest absolute Gasteiger partial charge is 0.314 e. The van der Waals surface area contributed by atoms with Crippen LogP contribution in [0.25, 0.3) is 11.1 Å². The molecule has 0 spiro atoms. The molecule has 6 heteroatoms. The van der Waals surface area contributed by atoms with Crippen LogP contribution in [0, 0.1) is 17.2 Å². The molecule has 5 nitrogen and oxygen atoms in total. The highest BCUT2D eigenvalue weighted by atomic mass is 19.1. The lowest BCUT2D eigenvalue weighted by Crippen LogP contribution is -2.40. The number of benzene rings is 1. The second-order valence-corrected chi connectivity index (χ2v) is 6.31. The van der Waals surface area contributed by atoms with Crippen LogP contribution in [0.4, 0.5) is 10.4 Å². The Morgan fingerprint density at radius 3 is 3.00 bits per heavy atom. The number of carbonyl (C=O) groups is 1. The summed E-state index contributed by atoms with van der Waals surface area (Å²) in [6, 6.07) is 4.69. The summed E-state index contributed by atoms with van der Waals surface area (Å²) < 4.78 is 24.3. The van der Waals surface area contributed by atoms with Crippen molar-refractivity contribution >= 4 is 23.1 Å². The molecule has 2 aromatic rings. The topological polar surface area (TPSA) is 55.6 Å². The lowest BCUT2D eigenvalue weighted by atomic mass is 9.76. The van der Waals surface area contributed by atoms with Crippen molar-refractivity contribution in [1.82, 2.24) is 4.98 Å². The zero-order chi connectivity index (χ0) is 16.6. The van der Waals surface area contributed by atoms with Crippen molar-refractivity contribution in [2.45, 2.75) is 27.2 Å². The Morgan fingerprint density at radius 1 is 1.52 bits per heavy atom. The minimum atomic E-state index is -0.554. The van der Waals surface area contributed by atoms with Gasteiger partial charge in [-0.2, -0.15) is 4.98 Å². The van der Waals surface area contributed by atoms with E-state index in [2.05, 4.69) is 4.98 Å². The fraction of sp³-hybridized carbons (Fsp3) is 0.529. The van der Waals surface area contributed by atoms with E-state index in [-0.39, 0.29) is 17.7 Å². The highest BCUT2D eigenvalue weighted by Crippen LogP contribution is 2.41. The standard InChI is InChI=1S/C17H21FN2O3/c1-4-22-15(21)17(11(2)3)7-8-20(10-17)16-19-13-9-12(18)5-6-14(13)23-16/h5-6,9,11H,4,7-8,10H2,1-3H3. The van der Waals surface area contributed by atoms with Gasteiger partial charge in [-0.3, -0.25) is 4.79 Å². The summed E-state index contributed by atoms with van der Waals surface area (Å²) in [5.41, 5.74) is 0.472. The van der Waals surface area contributed by atoms with Gasteiger partial charge in [-0.15, -0.1) is 0 Å². The van der Waals surface area contributed by atoms with Gasteiger partial charge in [0.15, 0.2) is 5.58 Å². The average Bonchev–Trinajstić information content (AvgIpc) is 3.11. The number of halogens is 1. The summed E-state index contributed by atoms with van der Waals surface area (Å²) in [7, 11) is 0. The molecule has 1 fully saturated rings. The number of carbonyl (C=O) groups excluding carboxylic acids is 1. The van der Waals surface area contributed by atoms with Crippen molar-refractivity contribution in [2.24, 2.45) is 11.3 Å². The Morgan fingerprint density at radius 2 is 2.30 bits per heavy atom. The van der Waals surface area contributed by atoms with Gasteiger partial charge in [0.1, 0.15) is 11.3 Å². The van der Waals surface area contributed by atoms with Gasteiger partial charge in [0, 0.05) is 19.2 Å². The molecule has 2 heterocycles. The first kappa shape index (κ1) is 15.8. The van der Waals surface area contributed by atoms with Crippen LogP contribution in [0.3, 0.4) is 0 Å². The van der Waals surface area contributed by atoms with Gasteiger partial charge < -0.3 is 14.1 Å². The molecule has 0 N–H and O–H groups in total. The van der Waals surface area contributed by atoms with E-state index in [4.69, 9.17) is 9.15 Å². The molecule has 23 heavy (non-hydrogen) atoms. The first-order valence-electron chi connectivity index (χ1n) is 7.94. The molecule has 1 saturated heterocycles. The van der Waals surface area contributed by atoms with Crippen LogP contribution < -0.4 is 4.90 Å². The third kappa shape index (κ3) is 2.66. The lowest BCUT2D eigenvalue weighted by molar-refractivity contribution is -0.156. The predicted molar refractivity (Wildman–Crippen MR) is 84.7 cm³/mol. The predicted octanol–water partition coefficient (Wildman–Crippen LogP) is 3.38. The Balaban J connectivity index is 1.88. The maximum atomic E-state index is 13.3. The number of oxazole rings is 1. The average molecular weight is 320 g/mol. The van der Waals surface area contributed by atoms with Gasteiger partial charge in [0.25, 0.3) is 6.01 Å². The fourth-order valence-electron chi connectivity index (χ4n) is 3.17. The van der Waals surface area contributed by atoms with E-state index in [0.29, 0.717) is 43.2 Å². The summed E-state index contributed by atoms with van der Waals surface area (Å²) in [6.45, 7) is 7.40. The second-order valence-electron chi connectivity index (χ2n) is 6.31. The molecule has 0 aliphatic carbocycles. The number of esters is 1. The Labute approximate surface area is 134 Å². The van der Waals surface area contributed by atoms with Crippen molar-refractivity contribution in [3.05, 3.63) is 24.0 Å². The molecule has 1 atom stereocenters. The van der Waals surface area contributed by atoms with E-state index in [9.17, 15) is 9.18 Å². The molecule has 1 aliphatic heterocycles. The molecule has 1 aliphatic rings. The summed E-state index contributed by atoms with van der Waals surface area (Å²) in [6.07, 6.45) is 0.691. The van der Waals surface area contributed by atoms with Crippen LogP contribution in [0.2, 0.25) is 0 Å². The van der Waals surface area contributed by atoms with E-state index < -0.39 is 5.41 Å². The van der Waals surface area contributed by atoms with Gasteiger partial charge in [0.05, 0.1) is 12.0 Å². The van der Waals surface area contributed by atoms with E-state index in [0.717, 1.165) is 0 Å². The molecule has 0 radical (unpaired) electrons. The number of aromatic nitrogens is 1. The zero-order valence-electron chi connectivity index (χ0n) is 13.6. The van der Waals surface area contributed by atoms with Crippen LogP contribution in [0.15, 0.2) is 22.6 Å². The second kappa shape index (κ2) is 5.83. The SMILES string of the molecule is CCOC(=O)C1(C(C)C)CCN(c2nc3cc(F)ccc3o2)C1. The van der Waals surface area contributed by atoms with Crippen LogP contribution >= 0.6 is 0 Å². The maximum Gasteiger partial charge on any atom is 0.314 e. The van der Waals surface area contributed by atoms with E-state index in [1.54, 1.807) is 6.07 Å². The molecule has 1 aromatic heterocycles. The van der Waals surface area contributed by atoms with E-state index in [1.165, 1.54) is 12.1 Å². The summed E-state index contributed by atoms with van der Waals surface area (Å²) >= 11 is 0. The van der Waals surface area contributed by atoms with Crippen molar-refractivity contribution in [1.29, 1.82) is 0 Å². The molecule has 0 bridgehead atoms. The molecular formula is C17H21FN2O3. The summed E-state index contributed by atoms with van der Waals surface area (Å²) in [4.78, 5) is 18.7. The maximum absolute atomic E-state index is 13.3. The van der Waals surface area contributed by atoms with Gasteiger partial charge in [-0.1, -0.05) is 13.8 Å². The highest BCUT2D eigenvalue weighted by molar-refractivity contribution is 5.79. The number of fused-ring (bicyclic) bond motifs is 1. The van der Waals surface area contributed by atoms with Gasteiger partial charge >= 0.3 is 5.97 Å². The van der Waals surface area contributed by atoms with Crippen molar-refractivity contribution in [3.8, 4) is 0 Å². The van der Waals surface area contributed by atoms with Gasteiger partial charge in [-0.25, -0.2) is 4.39 Å². The van der Waals surface area contributed by atoms with Crippen molar-refractivity contribution in [2.75, 3.05) is 24.6 Å². The van der Waals surface area contributed by atoms with Crippen LogP contribution in [-0.2, 0) is 9.53 Å². The number of rotatable bonds is 4.